The first-order chi connectivity index (χ1) is 12.9. The van der Waals surface area contributed by atoms with Gasteiger partial charge in [0, 0.05) is 6.54 Å². The minimum absolute atomic E-state index is 0.119. The maximum absolute atomic E-state index is 4.32. The SMILES string of the molecule is c1ccc(CNC(c2ccccc2)c2nnnn2-c2ccccc2)cc1. The van der Waals surface area contributed by atoms with E-state index in [0.29, 0.717) is 0 Å². The highest BCUT2D eigenvalue weighted by molar-refractivity contribution is 5.33. The lowest BCUT2D eigenvalue weighted by Crippen LogP contribution is -2.25. The van der Waals surface area contributed by atoms with Crippen LogP contribution >= 0.6 is 0 Å². The Labute approximate surface area is 152 Å². The van der Waals surface area contributed by atoms with E-state index in [0.717, 1.165) is 23.6 Å². The summed E-state index contributed by atoms with van der Waals surface area (Å²) in [6.45, 7) is 0.724. The fourth-order valence-corrected chi connectivity index (χ4v) is 2.95. The summed E-state index contributed by atoms with van der Waals surface area (Å²) >= 11 is 0. The van der Waals surface area contributed by atoms with Crippen LogP contribution in [0.1, 0.15) is 23.0 Å². The molecule has 0 amide bonds. The van der Waals surface area contributed by atoms with Crippen LogP contribution in [0.15, 0.2) is 91.0 Å². The lowest BCUT2D eigenvalue weighted by Gasteiger charge is -2.19. The first-order valence-corrected chi connectivity index (χ1v) is 8.58. The normalized spacial score (nSPS) is 12.0. The van der Waals surface area contributed by atoms with Crippen molar-refractivity contribution in [2.75, 3.05) is 0 Å². The van der Waals surface area contributed by atoms with Crippen molar-refractivity contribution in [2.24, 2.45) is 0 Å². The number of tetrazole rings is 1. The fourth-order valence-electron chi connectivity index (χ4n) is 2.95. The van der Waals surface area contributed by atoms with Crippen LogP contribution in [0.5, 0.6) is 0 Å². The van der Waals surface area contributed by atoms with E-state index in [4.69, 9.17) is 0 Å². The maximum atomic E-state index is 4.32. The number of aromatic nitrogens is 4. The molecule has 1 unspecified atom stereocenters. The molecular formula is C21H19N5. The van der Waals surface area contributed by atoms with Crippen molar-refractivity contribution in [1.29, 1.82) is 0 Å². The Morgan fingerprint density at radius 1 is 0.769 bits per heavy atom. The second kappa shape index (κ2) is 7.72. The summed E-state index contributed by atoms with van der Waals surface area (Å²) in [5, 5.41) is 16.0. The van der Waals surface area contributed by atoms with E-state index in [1.165, 1.54) is 5.56 Å². The molecule has 5 nitrogen and oxygen atoms in total. The minimum atomic E-state index is -0.119. The molecule has 26 heavy (non-hydrogen) atoms. The van der Waals surface area contributed by atoms with E-state index in [2.05, 4.69) is 45.1 Å². The molecule has 3 aromatic carbocycles. The van der Waals surface area contributed by atoms with Crippen LogP contribution in [0.25, 0.3) is 5.69 Å². The lowest BCUT2D eigenvalue weighted by molar-refractivity contribution is 0.561. The van der Waals surface area contributed by atoms with Gasteiger partial charge in [-0.05, 0) is 33.7 Å². The van der Waals surface area contributed by atoms with E-state index < -0.39 is 0 Å². The molecule has 1 N–H and O–H groups in total. The molecule has 1 aromatic heterocycles. The largest absolute Gasteiger partial charge is 0.299 e. The van der Waals surface area contributed by atoms with Gasteiger partial charge in [-0.3, -0.25) is 5.32 Å². The van der Waals surface area contributed by atoms with Gasteiger partial charge >= 0.3 is 0 Å². The maximum Gasteiger partial charge on any atom is 0.178 e. The third-order valence-electron chi connectivity index (χ3n) is 4.24. The van der Waals surface area contributed by atoms with Crippen molar-refractivity contribution in [3.63, 3.8) is 0 Å². The monoisotopic (exact) mass is 341 g/mol. The highest BCUT2D eigenvalue weighted by Crippen LogP contribution is 2.22. The van der Waals surface area contributed by atoms with Gasteiger partial charge in [-0.15, -0.1) is 5.10 Å². The molecule has 4 rings (SSSR count). The summed E-state index contributed by atoms with van der Waals surface area (Å²) in [5.74, 6) is 0.762. The number of para-hydroxylation sites is 1. The van der Waals surface area contributed by atoms with Crippen molar-refractivity contribution in [3.05, 3.63) is 108 Å². The molecule has 0 aliphatic rings. The molecule has 1 atom stereocenters. The van der Waals surface area contributed by atoms with Crippen molar-refractivity contribution in [3.8, 4) is 5.69 Å². The Balaban J connectivity index is 1.69. The molecule has 0 saturated heterocycles. The lowest BCUT2D eigenvalue weighted by atomic mass is 10.1. The molecule has 128 valence electrons. The van der Waals surface area contributed by atoms with Crippen LogP contribution in [0, 0.1) is 0 Å². The summed E-state index contributed by atoms with van der Waals surface area (Å²) < 4.78 is 1.79. The highest BCUT2D eigenvalue weighted by atomic mass is 15.5. The van der Waals surface area contributed by atoms with E-state index in [-0.39, 0.29) is 6.04 Å². The van der Waals surface area contributed by atoms with Gasteiger partial charge in [-0.2, -0.15) is 4.68 Å². The third kappa shape index (κ3) is 3.53. The van der Waals surface area contributed by atoms with Gasteiger partial charge in [0.25, 0.3) is 0 Å². The number of nitrogens with zero attached hydrogens (tertiary/aromatic N) is 4. The van der Waals surface area contributed by atoms with Crippen LogP contribution in [-0.2, 0) is 6.54 Å². The molecule has 5 heteroatoms. The van der Waals surface area contributed by atoms with E-state index >= 15 is 0 Å². The van der Waals surface area contributed by atoms with Gasteiger partial charge in [0.1, 0.15) is 0 Å². The Hall–Kier alpha value is -3.31. The van der Waals surface area contributed by atoms with Crippen molar-refractivity contribution in [1.82, 2.24) is 25.5 Å². The Morgan fingerprint density at radius 3 is 2.08 bits per heavy atom. The summed E-state index contributed by atoms with van der Waals surface area (Å²) in [6.07, 6.45) is 0. The van der Waals surface area contributed by atoms with Gasteiger partial charge in [0.15, 0.2) is 5.82 Å². The van der Waals surface area contributed by atoms with Crippen molar-refractivity contribution in [2.45, 2.75) is 12.6 Å². The van der Waals surface area contributed by atoms with Crippen molar-refractivity contribution >= 4 is 0 Å². The predicted molar refractivity (Wildman–Crippen MR) is 101 cm³/mol. The number of benzene rings is 3. The second-order valence-electron chi connectivity index (χ2n) is 5.99. The second-order valence-corrected chi connectivity index (χ2v) is 5.99. The number of nitrogens with one attached hydrogen (secondary N) is 1. The predicted octanol–water partition coefficient (Wildman–Crippen LogP) is 3.54. The number of hydrogen-bond donors (Lipinski definition) is 1. The van der Waals surface area contributed by atoms with Crippen LogP contribution in [0.4, 0.5) is 0 Å². The van der Waals surface area contributed by atoms with Crippen molar-refractivity contribution < 1.29 is 0 Å². The van der Waals surface area contributed by atoms with E-state index in [1.54, 1.807) is 4.68 Å². The first kappa shape index (κ1) is 16.2. The molecule has 0 bridgehead atoms. The summed E-state index contributed by atoms with van der Waals surface area (Å²) in [5.41, 5.74) is 3.28. The Morgan fingerprint density at radius 2 is 1.38 bits per heavy atom. The molecule has 0 spiro atoms. The van der Waals surface area contributed by atoms with E-state index in [1.807, 2.05) is 66.7 Å². The van der Waals surface area contributed by atoms with Gasteiger partial charge in [0.05, 0.1) is 11.7 Å². The van der Waals surface area contributed by atoms with Gasteiger partial charge in [-0.25, -0.2) is 0 Å². The topological polar surface area (TPSA) is 55.6 Å². The third-order valence-corrected chi connectivity index (χ3v) is 4.24. The minimum Gasteiger partial charge on any atom is -0.299 e. The fraction of sp³-hybridized carbons (Fsp3) is 0.0952. The standard InChI is InChI=1S/C21H19N5/c1-4-10-17(11-5-1)16-22-20(18-12-6-2-7-13-18)21-23-24-25-26(21)19-14-8-3-9-15-19/h1-15,20,22H,16H2. The van der Waals surface area contributed by atoms with Gasteiger partial charge in [-0.1, -0.05) is 78.9 Å². The average molecular weight is 341 g/mol. The molecule has 0 fully saturated rings. The van der Waals surface area contributed by atoms with Crippen LogP contribution in [-0.4, -0.2) is 20.2 Å². The van der Waals surface area contributed by atoms with Crippen LogP contribution < -0.4 is 5.32 Å². The zero-order chi connectivity index (χ0) is 17.6. The molecular weight excluding hydrogens is 322 g/mol. The summed E-state index contributed by atoms with van der Waals surface area (Å²) in [7, 11) is 0. The molecule has 0 aliphatic carbocycles. The molecule has 1 heterocycles. The highest BCUT2D eigenvalue weighted by Gasteiger charge is 2.21. The Bertz CT molecular complexity index is 936. The van der Waals surface area contributed by atoms with Crippen LogP contribution in [0.3, 0.4) is 0 Å². The molecule has 4 aromatic rings. The molecule has 0 aliphatic heterocycles. The van der Waals surface area contributed by atoms with E-state index in [9.17, 15) is 0 Å². The zero-order valence-electron chi connectivity index (χ0n) is 14.2. The van der Waals surface area contributed by atoms with Gasteiger partial charge in [0.2, 0.25) is 0 Å². The van der Waals surface area contributed by atoms with Gasteiger partial charge < -0.3 is 0 Å². The van der Waals surface area contributed by atoms with Crippen LogP contribution in [0.2, 0.25) is 0 Å². The molecule has 0 saturated carbocycles. The number of hydrogen-bond acceptors (Lipinski definition) is 4. The summed E-state index contributed by atoms with van der Waals surface area (Å²) in [6, 6.07) is 30.4. The smallest absolute Gasteiger partial charge is 0.178 e. The Kier molecular flexibility index (Phi) is 4.80. The number of rotatable bonds is 6. The average Bonchev–Trinajstić information content (AvgIpc) is 3.20. The summed E-state index contributed by atoms with van der Waals surface area (Å²) in [4.78, 5) is 0. The zero-order valence-corrected chi connectivity index (χ0v) is 14.2. The quantitative estimate of drug-likeness (QED) is 0.583. The molecule has 0 radical (unpaired) electrons. The first-order valence-electron chi connectivity index (χ1n) is 8.58.